The maximum absolute atomic E-state index is 12.7. The summed E-state index contributed by atoms with van der Waals surface area (Å²) in [6, 6.07) is 1.72. The Balaban J connectivity index is 2.04. The van der Waals surface area contributed by atoms with Gasteiger partial charge in [-0.05, 0) is 54.6 Å². The number of nitrogens with two attached hydrogens (primary N) is 1. The van der Waals surface area contributed by atoms with Crippen LogP contribution in [0.2, 0.25) is 0 Å². The van der Waals surface area contributed by atoms with Gasteiger partial charge in [0.1, 0.15) is 10.4 Å². The number of aryl methyl sites for hydroxylation is 2. The summed E-state index contributed by atoms with van der Waals surface area (Å²) in [5.74, 6) is 0. The average molecular weight is 310 g/mol. The van der Waals surface area contributed by atoms with E-state index in [1.807, 2.05) is 6.92 Å². The van der Waals surface area contributed by atoms with Crippen molar-refractivity contribution in [2.45, 2.75) is 50.1 Å². The minimum absolute atomic E-state index is 0.0607. The van der Waals surface area contributed by atoms with Crippen LogP contribution in [-0.4, -0.2) is 30.8 Å². The fraction of sp³-hybridized carbons (Fsp3) is 0.538. The van der Waals surface area contributed by atoms with E-state index in [0.29, 0.717) is 17.5 Å². The first-order chi connectivity index (χ1) is 9.88. The molecule has 21 heavy (non-hydrogen) atoms. The smallest absolute Gasteiger partial charge is 0.243 e. The van der Waals surface area contributed by atoms with Crippen molar-refractivity contribution in [3.63, 3.8) is 0 Å². The molecule has 2 aromatic rings. The van der Waals surface area contributed by atoms with Crippen LogP contribution in [-0.2, 0) is 10.0 Å². The number of hydrogen-bond donors (Lipinski definition) is 2. The molecule has 2 atom stereocenters. The lowest BCUT2D eigenvalue weighted by Crippen LogP contribution is -2.34. The second-order valence-electron chi connectivity index (χ2n) is 5.69. The molecule has 0 aliphatic heterocycles. The van der Waals surface area contributed by atoms with Crippen molar-refractivity contribution in [3.8, 4) is 0 Å². The predicted molar refractivity (Wildman–Crippen MR) is 77.2 cm³/mol. The second-order valence-corrected chi connectivity index (χ2v) is 7.34. The van der Waals surface area contributed by atoms with Crippen LogP contribution in [0.4, 0.5) is 0 Å². The molecule has 0 saturated heterocycles. The molecule has 1 aromatic carbocycles. The largest absolute Gasteiger partial charge is 0.328 e. The molecule has 1 aliphatic rings. The molecule has 0 unspecified atom stereocenters. The maximum atomic E-state index is 12.7. The van der Waals surface area contributed by atoms with Gasteiger partial charge in [0.25, 0.3) is 0 Å². The first-order valence-corrected chi connectivity index (χ1v) is 8.37. The van der Waals surface area contributed by atoms with Crippen LogP contribution in [0.3, 0.4) is 0 Å². The van der Waals surface area contributed by atoms with Crippen LogP contribution in [0.15, 0.2) is 15.6 Å². The van der Waals surface area contributed by atoms with E-state index in [9.17, 15) is 8.42 Å². The van der Waals surface area contributed by atoms with Crippen molar-refractivity contribution in [3.05, 3.63) is 17.2 Å². The molecule has 114 valence electrons. The molecule has 1 aromatic heterocycles. The standard InChI is InChI=1S/C13H18N4O3S/c1-7-5-8(2)13(12-11(7)15-20-16-12)21(18,19)17-10-4-3-9(14)6-10/h5,9-10,17H,3-4,6,14H2,1-2H3/t9-,10-/m1/s1. The zero-order chi connectivity index (χ0) is 15.2. The number of benzene rings is 1. The van der Waals surface area contributed by atoms with Gasteiger partial charge in [-0.25, -0.2) is 17.8 Å². The molecule has 1 aliphatic carbocycles. The van der Waals surface area contributed by atoms with Crippen LogP contribution in [0.25, 0.3) is 11.0 Å². The molecule has 0 bridgehead atoms. The zero-order valence-corrected chi connectivity index (χ0v) is 12.8. The van der Waals surface area contributed by atoms with Crippen LogP contribution < -0.4 is 10.5 Å². The van der Waals surface area contributed by atoms with E-state index < -0.39 is 10.0 Å². The normalized spacial score (nSPS) is 23.0. The molecule has 0 spiro atoms. The van der Waals surface area contributed by atoms with E-state index >= 15 is 0 Å². The summed E-state index contributed by atoms with van der Waals surface area (Å²) in [5.41, 5.74) is 8.06. The fourth-order valence-corrected chi connectivity index (χ4v) is 4.62. The Hall–Kier alpha value is -1.51. The van der Waals surface area contributed by atoms with Gasteiger partial charge in [0.2, 0.25) is 10.0 Å². The Morgan fingerprint density at radius 3 is 2.62 bits per heavy atom. The number of rotatable bonds is 3. The fourth-order valence-electron chi connectivity index (χ4n) is 2.98. The van der Waals surface area contributed by atoms with E-state index in [2.05, 4.69) is 15.0 Å². The predicted octanol–water partition coefficient (Wildman–Crippen LogP) is 0.998. The van der Waals surface area contributed by atoms with Crippen molar-refractivity contribution < 1.29 is 13.0 Å². The van der Waals surface area contributed by atoms with Gasteiger partial charge in [0, 0.05) is 12.1 Å². The quantitative estimate of drug-likeness (QED) is 0.874. The van der Waals surface area contributed by atoms with Gasteiger partial charge in [-0.3, -0.25) is 0 Å². The highest BCUT2D eigenvalue weighted by molar-refractivity contribution is 7.89. The van der Waals surface area contributed by atoms with Crippen molar-refractivity contribution in [2.75, 3.05) is 0 Å². The molecular weight excluding hydrogens is 292 g/mol. The van der Waals surface area contributed by atoms with E-state index in [-0.39, 0.29) is 22.5 Å². The van der Waals surface area contributed by atoms with Gasteiger partial charge in [-0.15, -0.1) is 0 Å². The Bertz CT molecular complexity index is 784. The average Bonchev–Trinajstić information content (AvgIpc) is 2.97. The van der Waals surface area contributed by atoms with E-state index in [1.54, 1.807) is 13.0 Å². The van der Waals surface area contributed by atoms with Gasteiger partial charge in [0.15, 0.2) is 5.52 Å². The minimum atomic E-state index is -3.68. The van der Waals surface area contributed by atoms with Gasteiger partial charge in [-0.1, -0.05) is 6.07 Å². The summed E-state index contributed by atoms with van der Waals surface area (Å²) in [4.78, 5) is 0.143. The third kappa shape index (κ3) is 2.54. The lowest BCUT2D eigenvalue weighted by atomic mass is 10.1. The van der Waals surface area contributed by atoms with Crippen LogP contribution in [0.5, 0.6) is 0 Å². The van der Waals surface area contributed by atoms with Crippen molar-refractivity contribution in [1.29, 1.82) is 0 Å². The third-order valence-electron chi connectivity index (χ3n) is 3.93. The number of nitrogens with one attached hydrogen (secondary N) is 1. The van der Waals surface area contributed by atoms with Crippen LogP contribution in [0.1, 0.15) is 30.4 Å². The van der Waals surface area contributed by atoms with E-state index in [4.69, 9.17) is 10.4 Å². The van der Waals surface area contributed by atoms with Gasteiger partial charge in [0.05, 0.1) is 0 Å². The first kappa shape index (κ1) is 14.4. The van der Waals surface area contributed by atoms with Gasteiger partial charge >= 0.3 is 0 Å². The van der Waals surface area contributed by atoms with Crippen molar-refractivity contribution in [1.82, 2.24) is 15.0 Å². The van der Waals surface area contributed by atoms with Gasteiger partial charge in [-0.2, -0.15) is 0 Å². The van der Waals surface area contributed by atoms with E-state index in [0.717, 1.165) is 18.4 Å². The number of sulfonamides is 1. The Morgan fingerprint density at radius 2 is 1.95 bits per heavy atom. The molecule has 1 fully saturated rings. The number of nitrogens with zero attached hydrogens (tertiary/aromatic N) is 2. The summed E-state index contributed by atoms with van der Waals surface area (Å²) in [5, 5.41) is 7.55. The highest BCUT2D eigenvalue weighted by Gasteiger charge is 2.30. The van der Waals surface area contributed by atoms with Crippen LogP contribution >= 0.6 is 0 Å². The molecule has 1 saturated carbocycles. The van der Waals surface area contributed by atoms with Crippen LogP contribution in [0, 0.1) is 13.8 Å². The summed E-state index contributed by atoms with van der Waals surface area (Å²) in [7, 11) is -3.68. The Kier molecular flexibility index (Phi) is 3.46. The van der Waals surface area contributed by atoms with Gasteiger partial charge < -0.3 is 5.73 Å². The van der Waals surface area contributed by atoms with Crippen molar-refractivity contribution in [2.24, 2.45) is 5.73 Å². The van der Waals surface area contributed by atoms with Crippen molar-refractivity contribution >= 4 is 21.1 Å². The maximum Gasteiger partial charge on any atom is 0.243 e. The summed E-state index contributed by atoms with van der Waals surface area (Å²) < 4.78 is 32.8. The molecule has 0 amide bonds. The second kappa shape index (κ2) is 5.04. The molecular formula is C13H18N4O3S. The number of aromatic nitrogens is 2. The lowest BCUT2D eigenvalue weighted by molar-refractivity contribution is 0.315. The SMILES string of the molecule is Cc1cc(C)c2nonc2c1S(=O)(=O)N[C@@H]1CC[C@@H](N)C1. The van der Waals surface area contributed by atoms with E-state index in [1.165, 1.54) is 0 Å². The summed E-state index contributed by atoms with van der Waals surface area (Å²) >= 11 is 0. The third-order valence-corrected chi connectivity index (χ3v) is 5.63. The molecule has 3 N–H and O–H groups in total. The highest BCUT2D eigenvalue weighted by atomic mass is 32.2. The Morgan fingerprint density at radius 1 is 1.24 bits per heavy atom. The highest BCUT2D eigenvalue weighted by Crippen LogP contribution is 2.28. The molecule has 3 rings (SSSR count). The molecule has 7 nitrogen and oxygen atoms in total. The number of hydrogen-bond acceptors (Lipinski definition) is 6. The topological polar surface area (TPSA) is 111 Å². The Labute approximate surface area is 122 Å². The summed E-state index contributed by atoms with van der Waals surface area (Å²) in [6.45, 7) is 3.59. The molecule has 1 heterocycles. The minimum Gasteiger partial charge on any atom is -0.328 e. The monoisotopic (exact) mass is 310 g/mol. The molecule has 0 radical (unpaired) electrons. The molecule has 8 heteroatoms. The zero-order valence-electron chi connectivity index (χ0n) is 12.0. The summed E-state index contributed by atoms with van der Waals surface area (Å²) in [6.07, 6.45) is 2.25. The lowest BCUT2D eigenvalue weighted by Gasteiger charge is -2.14. The number of fused-ring (bicyclic) bond motifs is 1. The first-order valence-electron chi connectivity index (χ1n) is 6.89.